The van der Waals surface area contributed by atoms with Gasteiger partial charge in [-0.1, -0.05) is 18.2 Å². The molecule has 28 heavy (non-hydrogen) atoms. The summed E-state index contributed by atoms with van der Waals surface area (Å²) >= 11 is 1.62. The largest absolute Gasteiger partial charge is 0.497 e. The number of rotatable bonds is 4. The summed E-state index contributed by atoms with van der Waals surface area (Å²) in [6.07, 6.45) is 0. The molecule has 4 rings (SSSR count). The number of thioether (sulfide) groups is 1. The SMILES string of the molecule is COc1ccc(OC)c([C@H]2SCCN2C(=O)c2cc3ccccc3oc2=O)c1. The van der Waals surface area contributed by atoms with Gasteiger partial charge in [-0.25, -0.2) is 4.79 Å². The van der Waals surface area contributed by atoms with E-state index in [1.54, 1.807) is 49.1 Å². The minimum atomic E-state index is -0.628. The van der Waals surface area contributed by atoms with Gasteiger partial charge in [0.1, 0.15) is 28.0 Å². The molecule has 0 aliphatic carbocycles. The van der Waals surface area contributed by atoms with Gasteiger partial charge in [0, 0.05) is 23.2 Å². The van der Waals surface area contributed by atoms with Crippen molar-refractivity contribution in [2.24, 2.45) is 0 Å². The zero-order valence-electron chi connectivity index (χ0n) is 15.5. The van der Waals surface area contributed by atoms with Crippen LogP contribution in [0, 0.1) is 0 Å². The lowest BCUT2D eigenvalue weighted by atomic mass is 10.1. The summed E-state index contributed by atoms with van der Waals surface area (Å²) in [4.78, 5) is 27.3. The maximum absolute atomic E-state index is 13.2. The van der Waals surface area contributed by atoms with Crippen LogP contribution >= 0.6 is 11.8 Å². The van der Waals surface area contributed by atoms with Crippen LogP contribution < -0.4 is 15.1 Å². The van der Waals surface area contributed by atoms with Crippen LogP contribution in [0.15, 0.2) is 57.7 Å². The van der Waals surface area contributed by atoms with Crippen molar-refractivity contribution in [3.8, 4) is 11.5 Å². The van der Waals surface area contributed by atoms with Crippen LogP contribution in [0.25, 0.3) is 11.0 Å². The lowest BCUT2D eigenvalue weighted by Gasteiger charge is -2.25. The van der Waals surface area contributed by atoms with E-state index in [1.807, 2.05) is 30.3 Å². The smallest absolute Gasteiger partial charge is 0.349 e. The van der Waals surface area contributed by atoms with Gasteiger partial charge in [-0.05, 0) is 30.3 Å². The number of amides is 1. The van der Waals surface area contributed by atoms with Gasteiger partial charge in [0.2, 0.25) is 0 Å². The molecular weight excluding hydrogens is 378 g/mol. The Bertz CT molecular complexity index is 1090. The predicted octanol–water partition coefficient (Wildman–Crippen LogP) is 3.70. The van der Waals surface area contributed by atoms with E-state index in [-0.39, 0.29) is 16.8 Å². The Kier molecular flexibility index (Phi) is 5.00. The first-order valence-corrected chi connectivity index (χ1v) is 9.84. The number of fused-ring (bicyclic) bond motifs is 1. The Morgan fingerprint density at radius 3 is 2.75 bits per heavy atom. The van der Waals surface area contributed by atoms with E-state index in [9.17, 15) is 9.59 Å². The van der Waals surface area contributed by atoms with Crippen molar-refractivity contribution in [2.45, 2.75) is 5.37 Å². The first-order valence-electron chi connectivity index (χ1n) is 8.80. The molecule has 6 nitrogen and oxygen atoms in total. The molecule has 0 bridgehead atoms. The van der Waals surface area contributed by atoms with Crippen LogP contribution in [0.5, 0.6) is 11.5 Å². The highest BCUT2D eigenvalue weighted by atomic mass is 32.2. The highest BCUT2D eigenvalue weighted by molar-refractivity contribution is 7.99. The fourth-order valence-corrected chi connectivity index (χ4v) is 4.60. The van der Waals surface area contributed by atoms with Crippen molar-refractivity contribution < 1.29 is 18.7 Å². The van der Waals surface area contributed by atoms with E-state index in [0.717, 1.165) is 11.3 Å². The van der Waals surface area contributed by atoms with Crippen molar-refractivity contribution in [1.82, 2.24) is 4.90 Å². The van der Waals surface area contributed by atoms with E-state index >= 15 is 0 Å². The number of hydrogen-bond donors (Lipinski definition) is 0. The van der Waals surface area contributed by atoms with Gasteiger partial charge in [0.05, 0.1) is 14.2 Å². The van der Waals surface area contributed by atoms with Gasteiger partial charge >= 0.3 is 5.63 Å². The Morgan fingerprint density at radius 2 is 1.96 bits per heavy atom. The number of benzene rings is 2. The number of carbonyl (C=O) groups is 1. The number of methoxy groups -OCH3 is 2. The molecule has 0 radical (unpaired) electrons. The fraction of sp³-hybridized carbons (Fsp3) is 0.238. The molecular formula is C21H19NO5S. The van der Waals surface area contributed by atoms with Crippen molar-refractivity contribution in [1.29, 1.82) is 0 Å². The molecule has 2 heterocycles. The molecule has 1 atom stereocenters. The molecule has 0 spiro atoms. The number of para-hydroxylation sites is 1. The Morgan fingerprint density at radius 1 is 1.14 bits per heavy atom. The van der Waals surface area contributed by atoms with Crippen LogP contribution in [0.4, 0.5) is 0 Å². The molecule has 2 aromatic carbocycles. The van der Waals surface area contributed by atoms with Crippen molar-refractivity contribution in [2.75, 3.05) is 26.5 Å². The van der Waals surface area contributed by atoms with Gasteiger partial charge in [0.25, 0.3) is 5.91 Å². The molecule has 0 N–H and O–H groups in total. The quantitative estimate of drug-likeness (QED) is 0.626. The van der Waals surface area contributed by atoms with E-state index in [0.29, 0.717) is 29.0 Å². The Hall–Kier alpha value is -2.93. The maximum atomic E-state index is 13.2. The average Bonchev–Trinajstić information content (AvgIpc) is 3.22. The minimum absolute atomic E-state index is 0.0352. The molecule has 144 valence electrons. The topological polar surface area (TPSA) is 69.0 Å². The fourth-order valence-electron chi connectivity index (χ4n) is 3.33. The van der Waals surface area contributed by atoms with Gasteiger partial charge in [0.15, 0.2) is 0 Å². The average molecular weight is 397 g/mol. The highest BCUT2D eigenvalue weighted by Crippen LogP contribution is 2.43. The second kappa shape index (κ2) is 7.59. The number of hydrogen-bond acceptors (Lipinski definition) is 6. The molecule has 1 saturated heterocycles. The van der Waals surface area contributed by atoms with Crippen LogP contribution in [-0.4, -0.2) is 37.3 Å². The molecule has 0 unspecified atom stereocenters. The van der Waals surface area contributed by atoms with Crippen LogP contribution in [0.3, 0.4) is 0 Å². The second-order valence-electron chi connectivity index (χ2n) is 6.31. The predicted molar refractivity (Wildman–Crippen MR) is 108 cm³/mol. The number of nitrogens with zero attached hydrogens (tertiary/aromatic N) is 1. The molecule has 3 aromatic rings. The summed E-state index contributed by atoms with van der Waals surface area (Å²) in [6, 6.07) is 14.3. The van der Waals surface area contributed by atoms with E-state index in [1.165, 1.54) is 0 Å². The lowest BCUT2D eigenvalue weighted by Crippen LogP contribution is -2.33. The molecule has 1 aromatic heterocycles. The zero-order valence-corrected chi connectivity index (χ0v) is 16.3. The summed E-state index contributed by atoms with van der Waals surface area (Å²) in [6.45, 7) is 0.529. The van der Waals surface area contributed by atoms with Crippen LogP contribution in [-0.2, 0) is 0 Å². The molecule has 1 aliphatic rings. The monoisotopic (exact) mass is 397 g/mol. The van der Waals surface area contributed by atoms with Gasteiger partial charge in [-0.3, -0.25) is 4.79 Å². The van der Waals surface area contributed by atoms with Gasteiger partial charge < -0.3 is 18.8 Å². The normalized spacial score (nSPS) is 16.4. The first kappa shape index (κ1) is 18.4. The zero-order chi connectivity index (χ0) is 19.7. The molecule has 1 fully saturated rings. The minimum Gasteiger partial charge on any atom is -0.497 e. The molecule has 7 heteroatoms. The van der Waals surface area contributed by atoms with Crippen LogP contribution in [0.1, 0.15) is 21.3 Å². The number of carbonyl (C=O) groups excluding carboxylic acids is 1. The first-order chi connectivity index (χ1) is 13.6. The summed E-state index contributed by atoms with van der Waals surface area (Å²) in [5.74, 6) is 1.76. The van der Waals surface area contributed by atoms with Crippen molar-refractivity contribution in [3.63, 3.8) is 0 Å². The van der Waals surface area contributed by atoms with E-state index in [4.69, 9.17) is 13.9 Å². The highest BCUT2D eigenvalue weighted by Gasteiger charge is 2.34. The van der Waals surface area contributed by atoms with Crippen molar-refractivity contribution >= 4 is 28.6 Å². The lowest BCUT2D eigenvalue weighted by molar-refractivity contribution is 0.0755. The number of ether oxygens (including phenoxy) is 2. The molecule has 0 saturated carbocycles. The molecule has 1 aliphatic heterocycles. The van der Waals surface area contributed by atoms with Gasteiger partial charge in [-0.15, -0.1) is 11.8 Å². The Labute approximate surface area is 166 Å². The van der Waals surface area contributed by atoms with Gasteiger partial charge in [-0.2, -0.15) is 0 Å². The standard InChI is InChI=1S/C21H19NO5S/c1-25-14-7-8-18(26-2)15(12-14)20-22(9-10-28-20)19(23)16-11-13-5-3-4-6-17(13)27-21(16)24/h3-8,11-12,20H,9-10H2,1-2H3/t20-/m1/s1. The third kappa shape index (κ3) is 3.22. The Balaban J connectivity index is 1.74. The van der Waals surface area contributed by atoms with Crippen LogP contribution in [0.2, 0.25) is 0 Å². The third-order valence-electron chi connectivity index (χ3n) is 4.73. The maximum Gasteiger partial charge on any atom is 0.349 e. The molecule has 1 amide bonds. The third-order valence-corrected chi connectivity index (χ3v) is 5.97. The summed E-state index contributed by atoms with van der Waals surface area (Å²) in [5, 5.41) is 0.441. The summed E-state index contributed by atoms with van der Waals surface area (Å²) in [5.41, 5.74) is 0.707. The van der Waals surface area contributed by atoms with E-state index < -0.39 is 5.63 Å². The van der Waals surface area contributed by atoms with E-state index in [2.05, 4.69) is 0 Å². The van der Waals surface area contributed by atoms with Crippen molar-refractivity contribution in [3.05, 3.63) is 70.1 Å². The summed E-state index contributed by atoms with van der Waals surface area (Å²) in [7, 11) is 3.19. The second-order valence-corrected chi connectivity index (χ2v) is 7.50. The summed E-state index contributed by atoms with van der Waals surface area (Å²) < 4.78 is 16.2.